The lowest BCUT2D eigenvalue weighted by molar-refractivity contribution is 0.151. The van der Waals surface area contributed by atoms with E-state index in [1.54, 1.807) is 14.2 Å². The summed E-state index contributed by atoms with van der Waals surface area (Å²) in [6.07, 6.45) is 1.88. The quantitative estimate of drug-likeness (QED) is 0.565. The molecule has 1 aromatic carbocycles. The van der Waals surface area contributed by atoms with Crippen LogP contribution in [0.25, 0.3) is 0 Å². The van der Waals surface area contributed by atoms with Crippen LogP contribution in [0.2, 0.25) is 0 Å². The van der Waals surface area contributed by atoms with Gasteiger partial charge in [-0.2, -0.15) is 0 Å². The Kier molecular flexibility index (Phi) is 6.25. The van der Waals surface area contributed by atoms with Gasteiger partial charge in [0.05, 0.1) is 13.7 Å². The summed E-state index contributed by atoms with van der Waals surface area (Å²) in [6, 6.07) is 5.71. The van der Waals surface area contributed by atoms with Gasteiger partial charge in [0.25, 0.3) is 0 Å². The number of hydrogen-bond donors (Lipinski definition) is 1. The molecule has 2 N–H and O–H groups in total. The van der Waals surface area contributed by atoms with Gasteiger partial charge in [-0.3, -0.25) is 4.90 Å². The number of ether oxygens (including phenoxy) is 2. The standard InChI is InChI=1S/C14H22N2O2/c1-4-7-16(8-9-17-2)11-12-10-13(18-3)5-6-14(12)15/h4-6,10H,1,7-9,11,15H2,2-3H3. The summed E-state index contributed by atoms with van der Waals surface area (Å²) in [5, 5.41) is 0. The minimum absolute atomic E-state index is 0.692. The van der Waals surface area contributed by atoms with Gasteiger partial charge < -0.3 is 15.2 Å². The highest BCUT2D eigenvalue weighted by molar-refractivity contribution is 5.50. The lowest BCUT2D eigenvalue weighted by Gasteiger charge is -2.21. The summed E-state index contributed by atoms with van der Waals surface area (Å²) in [4.78, 5) is 2.22. The smallest absolute Gasteiger partial charge is 0.119 e. The van der Waals surface area contributed by atoms with Crippen LogP contribution in [-0.2, 0) is 11.3 Å². The highest BCUT2D eigenvalue weighted by atomic mass is 16.5. The zero-order chi connectivity index (χ0) is 13.4. The lowest BCUT2D eigenvalue weighted by Crippen LogP contribution is -2.27. The van der Waals surface area contributed by atoms with Crippen LogP contribution in [0, 0.1) is 0 Å². The molecule has 18 heavy (non-hydrogen) atoms. The molecule has 0 spiro atoms. The summed E-state index contributed by atoms with van der Waals surface area (Å²) in [5.74, 6) is 0.824. The Labute approximate surface area is 109 Å². The van der Waals surface area contributed by atoms with Crippen molar-refractivity contribution in [1.82, 2.24) is 4.90 Å². The maximum absolute atomic E-state index is 5.98. The first-order chi connectivity index (χ1) is 8.71. The second-order valence-electron chi connectivity index (χ2n) is 4.08. The summed E-state index contributed by atoms with van der Waals surface area (Å²) in [6.45, 7) is 6.87. The molecule has 0 aliphatic rings. The normalized spacial score (nSPS) is 10.6. The molecule has 0 heterocycles. The van der Waals surface area contributed by atoms with Crippen LogP contribution in [0.5, 0.6) is 5.75 Å². The van der Waals surface area contributed by atoms with Crippen molar-refractivity contribution in [1.29, 1.82) is 0 Å². The van der Waals surface area contributed by atoms with Crippen LogP contribution in [-0.4, -0.2) is 38.8 Å². The average molecular weight is 250 g/mol. The molecule has 0 aliphatic carbocycles. The maximum atomic E-state index is 5.98. The van der Waals surface area contributed by atoms with E-state index in [0.29, 0.717) is 6.61 Å². The summed E-state index contributed by atoms with van der Waals surface area (Å²) < 4.78 is 10.3. The molecule has 4 heteroatoms. The van der Waals surface area contributed by atoms with E-state index < -0.39 is 0 Å². The second kappa shape index (κ2) is 7.74. The van der Waals surface area contributed by atoms with Crippen LogP contribution in [0.1, 0.15) is 5.56 Å². The first-order valence-corrected chi connectivity index (χ1v) is 5.95. The molecular weight excluding hydrogens is 228 g/mol. The van der Waals surface area contributed by atoms with Crippen LogP contribution in [0.4, 0.5) is 5.69 Å². The number of anilines is 1. The molecule has 0 unspecified atom stereocenters. The highest BCUT2D eigenvalue weighted by Gasteiger charge is 2.08. The zero-order valence-corrected chi connectivity index (χ0v) is 11.2. The van der Waals surface area contributed by atoms with E-state index in [2.05, 4.69) is 11.5 Å². The second-order valence-corrected chi connectivity index (χ2v) is 4.08. The Balaban J connectivity index is 2.74. The van der Waals surface area contributed by atoms with Gasteiger partial charge in [-0.15, -0.1) is 6.58 Å². The fourth-order valence-corrected chi connectivity index (χ4v) is 1.72. The van der Waals surface area contributed by atoms with Crippen molar-refractivity contribution in [2.75, 3.05) is 39.6 Å². The molecule has 0 fully saturated rings. The molecule has 0 radical (unpaired) electrons. The van der Waals surface area contributed by atoms with Crippen LogP contribution >= 0.6 is 0 Å². The SMILES string of the molecule is C=CCN(CCOC)Cc1cc(OC)ccc1N. The van der Waals surface area contributed by atoms with E-state index in [1.807, 2.05) is 24.3 Å². The van der Waals surface area contributed by atoms with Gasteiger partial charge in [0.15, 0.2) is 0 Å². The van der Waals surface area contributed by atoms with Gasteiger partial charge in [0.1, 0.15) is 5.75 Å². The fraction of sp³-hybridized carbons (Fsp3) is 0.429. The largest absolute Gasteiger partial charge is 0.497 e. The predicted octanol–water partition coefficient (Wildman–Crippen LogP) is 1.91. The summed E-state index contributed by atoms with van der Waals surface area (Å²) in [5.41, 5.74) is 7.82. The molecule has 0 amide bonds. The Morgan fingerprint density at radius 3 is 2.78 bits per heavy atom. The van der Waals surface area contributed by atoms with Gasteiger partial charge in [0.2, 0.25) is 0 Å². The number of hydrogen-bond acceptors (Lipinski definition) is 4. The monoisotopic (exact) mass is 250 g/mol. The highest BCUT2D eigenvalue weighted by Crippen LogP contribution is 2.20. The minimum Gasteiger partial charge on any atom is -0.497 e. The Morgan fingerprint density at radius 1 is 1.39 bits per heavy atom. The van der Waals surface area contributed by atoms with Gasteiger partial charge >= 0.3 is 0 Å². The van der Waals surface area contributed by atoms with E-state index in [1.165, 1.54) is 0 Å². The maximum Gasteiger partial charge on any atom is 0.119 e. The number of nitrogens with two attached hydrogens (primary N) is 1. The molecule has 0 aromatic heterocycles. The number of methoxy groups -OCH3 is 2. The number of nitrogens with zero attached hydrogens (tertiary/aromatic N) is 1. The van der Waals surface area contributed by atoms with Crippen molar-refractivity contribution in [2.45, 2.75) is 6.54 Å². The van der Waals surface area contributed by atoms with Gasteiger partial charge in [0, 0.05) is 32.4 Å². The van der Waals surface area contributed by atoms with Crippen molar-refractivity contribution in [3.8, 4) is 5.75 Å². The van der Waals surface area contributed by atoms with Crippen molar-refractivity contribution >= 4 is 5.69 Å². The van der Waals surface area contributed by atoms with E-state index in [-0.39, 0.29) is 0 Å². The predicted molar refractivity (Wildman–Crippen MR) is 74.8 cm³/mol. The molecule has 1 rings (SSSR count). The van der Waals surface area contributed by atoms with E-state index in [4.69, 9.17) is 15.2 Å². The van der Waals surface area contributed by atoms with Crippen molar-refractivity contribution < 1.29 is 9.47 Å². The summed E-state index contributed by atoms with van der Waals surface area (Å²) in [7, 11) is 3.35. The minimum atomic E-state index is 0.692. The fourth-order valence-electron chi connectivity index (χ4n) is 1.72. The molecule has 100 valence electrons. The van der Waals surface area contributed by atoms with Gasteiger partial charge in [-0.05, 0) is 23.8 Å². The molecule has 1 aromatic rings. The van der Waals surface area contributed by atoms with Gasteiger partial charge in [-0.25, -0.2) is 0 Å². The van der Waals surface area contributed by atoms with E-state index in [0.717, 1.165) is 36.6 Å². The van der Waals surface area contributed by atoms with E-state index >= 15 is 0 Å². The van der Waals surface area contributed by atoms with Crippen LogP contribution < -0.4 is 10.5 Å². The van der Waals surface area contributed by atoms with Crippen molar-refractivity contribution in [3.63, 3.8) is 0 Å². The van der Waals surface area contributed by atoms with E-state index in [9.17, 15) is 0 Å². The first-order valence-electron chi connectivity index (χ1n) is 5.95. The Hall–Kier alpha value is -1.52. The molecule has 4 nitrogen and oxygen atoms in total. The first kappa shape index (κ1) is 14.5. The summed E-state index contributed by atoms with van der Waals surface area (Å²) >= 11 is 0. The topological polar surface area (TPSA) is 47.7 Å². The van der Waals surface area contributed by atoms with Crippen molar-refractivity contribution in [3.05, 3.63) is 36.4 Å². The number of benzene rings is 1. The molecule has 0 aliphatic heterocycles. The Bertz CT molecular complexity index is 380. The van der Waals surface area contributed by atoms with Crippen LogP contribution in [0.3, 0.4) is 0 Å². The van der Waals surface area contributed by atoms with Crippen LogP contribution in [0.15, 0.2) is 30.9 Å². The number of rotatable bonds is 8. The molecule has 0 saturated carbocycles. The Morgan fingerprint density at radius 2 is 2.17 bits per heavy atom. The third-order valence-electron chi connectivity index (χ3n) is 2.74. The molecule has 0 bridgehead atoms. The van der Waals surface area contributed by atoms with Gasteiger partial charge in [-0.1, -0.05) is 6.08 Å². The molecular formula is C14H22N2O2. The third-order valence-corrected chi connectivity index (χ3v) is 2.74. The molecule has 0 atom stereocenters. The molecule has 0 saturated heterocycles. The van der Waals surface area contributed by atoms with Crippen molar-refractivity contribution in [2.24, 2.45) is 0 Å². The average Bonchev–Trinajstić information content (AvgIpc) is 2.38. The third kappa shape index (κ3) is 4.39. The zero-order valence-electron chi connectivity index (χ0n) is 11.2. The lowest BCUT2D eigenvalue weighted by atomic mass is 10.1. The number of nitrogen functional groups attached to an aromatic ring is 1.